The zero-order valence-electron chi connectivity index (χ0n) is 26.7. The first kappa shape index (κ1) is 34.7. The van der Waals surface area contributed by atoms with Gasteiger partial charge in [-0.05, 0) is 55.7 Å². The summed E-state index contributed by atoms with van der Waals surface area (Å²) in [5, 5.41) is 3.15. The van der Waals surface area contributed by atoms with Gasteiger partial charge in [-0.1, -0.05) is 161 Å². The quantitative estimate of drug-likeness (QED) is 0.129. The SMILES string of the molecule is CCCCCCCCCCCCc1cccc(OC(=O)NC2CCCCC2)c1CCCCCCCCCCCC. The molecule has 0 aliphatic heterocycles. The maximum absolute atomic E-state index is 12.8. The van der Waals surface area contributed by atoms with Crippen LogP contribution in [0.4, 0.5) is 4.79 Å². The number of unbranched alkanes of at least 4 members (excludes halogenated alkanes) is 18. The van der Waals surface area contributed by atoms with Gasteiger partial charge < -0.3 is 10.1 Å². The van der Waals surface area contributed by atoms with Crippen molar-refractivity contribution in [2.45, 2.75) is 193 Å². The van der Waals surface area contributed by atoms with E-state index in [0.29, 0.717) is 0 Å². The van der Waals surface area contributed by atoms with Crippen molar-refractivity contribution in [1.82, 2.24) is 5.32 Å². The Labute approximate surface area is 249 Å². The third-order valence-electron chi connectivity index (χ3n) is 8.94. The first-order chi connectivity index (χ1) is 19.7. The van der Waals surface area contributed by atoms with Crippen LogP contribution in [0.5, 0.6) is 5.75 Å². The van der Waals surface area contributed by atoms with Gasteiger partial charge in [0, 0.05) is 6.04 Å². The molecule has 1 fully saturated rings. The number of ether oxygens (including phenoxy) is 1. The van der Waals surface area contributed by atoms with Crippen LogP contribution in [-0.2, 0) is 12.8 Å². The van der Waals surface area contributed by atoms with Crippen molar-refractivity contribution in [2.75, 3.05) is 0 Å². The summed E-state index contributed by atoms with van der Waals surface area (Å²) in [6.45, 7) is 4.58. The second-order valence-corrected chi connectivity index (χ2v) is 12.6. The zero-order valence-corrected chi connectivity index (χ0v) is 26.7. The summed E-state index contributed by atoms with van der Waals surface area (Å²) < 4.78 is 5.98. The van der Waals surface area contributed by atoms with Crippen molar-refractivity contribution >= 4 is 6.09 Å². The fraction of sp³-hybridized carbons (Fsp3) is 0.811. The Morgan fingerprint density at radius 3 is 1.65 bits per heavy atom. The summed E-state index contributed by atoms with van der Waals surface area (Å²) in [5.41, 5.74) is 2.69. The monoisotopic (exact) mass is 556 g/mol. The van der Waals surface area contributed by atoms with E-state index in [1.54, 1.807) is 0 Å². The Kier molecular flexibility index (Phi) is 20.9. The van der Waals surface area contributed by atoms with Crippen molar-refractivity contribution < 1.29 is 9.53 Å². The van der Waals surface area contributed by atoms with Gasteiger partial charge >= 0.3 is 6.09 Å². The van der Waals surface area contributed by atoms with Crippen molar-refractivity contribution in [3.8, 4) is 5.75 Å². The van der Waals surface area contributed by atoms with E-state index in [4.69, 9.17) is 4.74 Å². The van der Waals surface area contributed by atoms with E-state index < -0.39 is 0 Å². The van der Waals surface area contributed by atoms with Gasteiger partial charge in [-0.15, -0.1) is 0 Å². The Hall–Kier alpha value is -1.51. The molecule has 0 bridgehead atoms. The topological polar surface area (TPSA) is 38.3 Å². The van der Waals surface area contributed by atoms with Gasteiger partial charge in [-0.2, -0.15) is 0 Å². The third-order valence-corrected chi connectivity index (χ3v) is 8.94. The summed E-state index contributed by atoms with van der Waals surface area (Å²) in [7, 11) is 0. The number of nitrogens with one attached hydrogen (secondary N) is 1. The highest BCUT2D eigenvalue weighted by Crippen LogP contribution is 2.28. The van der Waals surface area contributed by atoms with Crippen molar-refractivity contribution in [1.29, 1.82) is 0 Å². The number of benzene rings is 1. The minimum Gasteiger partial charge on any atom is -0.410 e. The van der Waals surface area contributed by atoms with Crippen LogP contribution in [0.1, 0.15) is 185 Å². The molecule has 40 heavy (non-hydrogen) atoms. The van der Waals surface area contributed by atoms with Crippen LogP contribution < -0.4 is 10.1 Å². The van der Waals surface area contributed by atoms with Crippen molar-refractivity contribution in [3.63, 3.8) is 0 Å². The van der Waals surface area contributed by atoms with E-state index >= 15 is 0 Å². The van der Waals surface area contributed by atoms with Crippen LogP contribution in [0.2, 0.25) is 0 Å². The fourth-order valence-corrected chi connectivity index (χ4v) is 6.36. The lowest BCUT2D eigenvalue weighted by Gasteiger charge is -2.23. The van der Waals surface area contributed by atoms with Crippen molar-refractivity contribution in [3.05, 3.63) is 29.3 Å². The van der Waals surface area contributed by atoms with Gasteiger partial charge in [0.15, 0.2) is 0 Å². The van der Waals surface area contributed by atoms with E-state index in [1.165, 1.54) is 159 Å². The molecule has 0 aromatic heterocycles. The minimum absolute atomic E-state index is 0.257. The Morgan fingerprint density at radius 1 is 0.650 bits per heavy atom. The van der Waals surface area contributed by atoms with Crippen LogP contribution in [-0.4, -0.2) is 12.1 Å². The molecule has 0 atom stereocenters. The largest absolute Gasteiger partial charge is 0.412 e. The second-order valence-electron chi connectivity index (χ2n) is 12.6. The standard InChI is InChI=1S/C37H65NO2/c1-3-5-7-9-11-13-15-17-19-22-27-33-28-26-32-36(40-37(39)38-34-29-23-21-24-30-34)35(33)31-25-20-18-16-14-12-10-8-6-4-2/h26,28,32,34H,3-25,27,29-31H2,1-2H3,(H,38,39). The number of rotatable bonds is 24. The van der Waals surface area contributed by atoms with E-state index in [2.05, 4.69) is 31.3 Å². The lowest BCUT2D eigenvalue weighted by Crippen LogP contribution is -2.38. The van der Waals surface area contributed by atoms with Crippen LogP contribution in [0.25, 0.3) is 0 Å². The van der Waals surface area contributed by atoms with Gasteiger partial charge in [-0.25, -0.2) is 4.79 Å². The Balaban J connectivity index is 1.80. The molecule has 1 amide bonds. The van der Waals surface area contributed by atoms with E-state index in [-0.39, 0.29) is 12.1 Å². The summed E-state index contributed by atoms with van der Waals surface area (Å²) in [6.07, 6.45) is 34.8. The van der Waals surface area contributed by atoms with Gasteiger partial charge in [0.2, 0.25) is 0 Å². The molecule has 1 aliphatic rings. The summed E-state index contributed by atoms with van der Waals surface area (Å²) in [5.74, 6) is 0.800. The van der Waals surface area contributed by atoms with Gasteiger partial charge in [0.05, 0.1) is 0 Å². The molecule has 1 aliphatic carbocycles. The molecule has 0 unspecified atom stereocenters. The number of aryl methyl sites for hydroxylation is 1. The number of amides is 1. The molecule has 0 radical (unpaired) electrons. The van der Waals surface area contributed by atoms with Crippen LogP contribution >= 0.6 is 0 Å². The zero-order chi connectivity index (χ0) is 28.5. The molecule has 230 valence electrons. The molecule has 1 saturated carbocycles. The Morgan fingerprint density at radius 2 is 1.12 bits per heavy atom. The Bertz CT molecular complexity index is 740. The highest BCUT2D eigenvalue weighted by molar-refractivity contribution is 5.71. The normalized spacial score (nSPS) is 13.9. The van der Waals surface area contributed by atoms with Gasteiger partial charge in [0.1, 0.15) is 5.75 Å². The van der Waals surface area contributed by atoms with Crippen LogP contribution in [0.3, 0.4) is 0 Å². The number of carbonyl (C=O) groups excluding carboxylic acids is 1. The number of hydrogen-bond donors (Lipinski definition) is 1. The lowest BCUT2D eigenvalue weighted by molar-refractivity contribution is 0.191. The first-order valence-corrected chi connectivity index (χ1v) is 17.8. The maximum atomic E-state index is 12.8. The highest BCUT2D eigenvalue weighted by Gasteiger charge is 2.18. The summed E-state index contributed by atoms with van der Waals surface area (Å²) in [4.78, 5) is 12.8. The molecule has 3 heteroatoms. The van der Waals surface area contributed by atoms with E-state index in [0.717, 1.165) is 31.4 Å². The number of hydrogen-bond acceptors (Lipinski definition) is 2. The molecular weight excluding hydrogens is 490 g/mol. The first-order valence-electron chi connectivity index (χ1n) is 17.8. The molecule has 1 N–H and O–H groups in total. The minimum atomic E-state index is -0.257. The molecule has 3 nitrogen and oxygen atoms in total. The maximum Gasteiger partial charge on any atom is 0.412 e. The lowest BCUT2D eigenvalue weighted by atomic mass is 9.95. The number of carbonyl (C=O) groups is 1. The van der Waals surface area contributed by atoms with Gasteiger partial charge in [0.25, 0.3) is 0 Å². The summed E-state index contributed by atoms with van der Waals surface area (Å²) in [6, 6.07) is 6.68. The summed E-state index contributed by atoms with van der Waals surface area (Å²) >= 11 is 0. The van der Waals surface area contributed by atoms with Crippen LogP contribution in [0.15, 0.2) is 18.2 Å². The second kappa shape index (κ2) is 24.1. The molecule has 2 rings (SSSR count). The van der Waals surface area contributed by atoms with E-state index in [1.807, 2.05) is 6.07 Å². The molecule has 0 saturated heterocycles. The van der Waals surface area contributed by atoms with Crippen LogP contribution in [0, 0.1) is 0 Å². The molecule has 1 aromatic carbocycles. The average molecular weight is 556 g/mol. The smallest absolute Gasteiger partial charge is 0.410 e. The van der Waals surface area contributed by atoms with Gasteiger partial charge in [-0.3, -0.25) is 0 Å². The predicted molar refractivity (Wildman–Crippen MR) is 174 cm³/mol. The van der Waals surface area contributed by atoms with Crippen molar-refractivity contribution in [2.24, 2.45) is 0 Å². The third kappa shape index (κ3) is 16.7. The predicted octanol–water partition coefficient (Wildman–Crippen LogP) is 12.0. The van der Waals surface area contributed by atoms with E-state index in [9.17, 15) is 4.79 Å². The highest BCUT2D eigenvalue weighted by atomic mass is 16.6. The molecular formula is C37H65NO2. The molecule has 1 aromatic rings. The molecule has 0 heterocycles. The molecule has 0 spiro atoms. The fourth-order valence-electron chi connectivity index (χ4n) is 6.36. The average Bonchev–Trinajstić information content (AvgIpc) is 2.96.